The van der Waals surface area contributed by atoms with E-state index in [1.807, 2.05) is 62.4 Å². The van der Waals surface area contributed by atoms with E-state index in [1.165, 1.54) is 6.42 Å². The second-order valence-corrected chi connectivity index (χ2v) is 3.96. The van der Waals surface area contributed by atoms with Crippen LogP contribution in [-0.2, 0) is 9.63 Å². The Labute approximate surface area is 167 Å². The third-order valence-corrected chi connectivity index (χ3v) is 2.32. The summed E-state index contributed by atoms with van der Waals surface area (Å²) in [5.74, 6) is 0. The summed E-state index contributed by atoms with van der Waals surface area (Å²) in [6.45, 7) is 24.0. The van der Waals surface area contributed by atoms with Gasteiger partial charge in [-0.05, 0) is 45.7 Å². The van der Waals surface area contributed by atoms with Crippen LogP contribution in [0.4, 0.5) is 0 Å². The summed E-state index contributed by atoms with van der Waals surface area (Å²) in [6, 6.07) is 0. The molecule has 0 saturated heterocycles. The summed E-state index contributed by atoms with van der Waals surface area (Å²) in [5, 5.41) is 7.00. The molecule has 1 N–H and O–H groups in total. The molecule has 0 radical (unpaired) electrons. The Morgan fingerprint density at radius 3 is 1.62 bits per heavy atom. The number of carbonyl (C=O) groups is 1. The molecule has 4 nitrogen and oxygen atoms in total. The van der Waals surface area contributed by atoms with E-state index in [2.05, 4.69) is 31.2 Å². The van der Waals surface area contributed by atoms with Crippen molar-refractivity contribution in [3.05, 3.63) is 0 Å². The van der Waals surface area contributed by atoms with Gasteiger partial charge < -0.3 is 14.9 Å². The molecule has 4 heteroatoms. The number of nitrogens with one attached hydrogen (secondary N) is 1. The van der Waals surface area contributed by atoms with Gasteiger partial charge in [0, 0.05) is 6.42 Å². The molecule has 0 aliphatic carbocycles. The van der Waals surface area contributed by atoms with E-state index in [1.54, 1.807) is 0 Å². The quantitative estimate of drug-likeness (QED) is 0.188. The first-order valence-electron chi connectivity index (χ1n) is 11.0. The van der Waals surface area contributed by atoms with Crippen LogP contribution in [0.1, 0.15) is 115 Å². The van der Waals surface area contributed by atoms with E-state index in [4.69, 9.17) is 4.84 Å². The van der Waals surface area contributed by atoms with Crippen LogP contribution >= 0.6 is 0 Å². The number of hydrogen-bond acceptors (Lipinski definition) is 4. The zero-order chi connectivity index (χ0) is 22.1. The normalized spacial score (nSPS) is 7.23. The lowest BCUT2D eigenvalue weighted by atomic mass is 10.2. The maximum atomic E-state index is 9.97. The van der Waals surface area contributed by atoms with Crippen LogP contribution in [0.15, 0.2) is 5.16 Å². The highest BCUT2D eigenvalue weighted by atomic mass is 16.6. The summed E-state index contributed by atoms with van der Waals surface area (Å²) in [5.41, 5.74) is 1.09. The molecule has 0 unspecified atom stereocenters. The van der Waals surface area contributed by atoms with Crippen molar-refractivity contribution < 1.29 is 9.63 Å². The molecule has 0 saturated carbocycles. The first-order valence-corrected chi connectivity index (χ1v) is 11.0. The largest absolute Gasteiger partial charge is 0.396 e. The summed E-state index contributed by atoms with van der Waals surface area (Å²) < 4.78 is 0. The zero-order valence-corrected chi connectivity index (χ0v) is 20.5. The van der Waals surface area contributed by atoms with Gasteiger partial charge >= 0.3 is 0 Å². The van der Waals surface area contributed by atoms with Crippen molar-refractivity contribution in [2.45, 2.75) is 115 Å². The highest BCUT2D eigenvalue weighted by Crippen LogP contribution is 1.96. The Balaban J connectivity index is -0.0000000640. The first kappa shape index (κ1) is 40.0. The predicted octanol–water partition coefficient (Wildman–Crippen LogP) is 7.27. The molecule has 0 aliphatic rings. The monoisotopic (exact) mass is 378 g/mol. The Bertz CT molecular complexity index is 189. The summed E-state index contributed by atoms with van der Waals surface area (Å²) in [4.78, 5) is 15.1. The Kier molecular flexibility index (Phi) is 99.4. The number of hydrogen-bond donors (Lipinski definition) is 1. The smallest absolute Gasteiger partial charge is 0.119 e. The average Bonchev–Trinajstić information content (AvgIpc) is 2.74. The van der Waals surface area contributed by atoms with Gasteiger partial charge in [-0.1, -0.05) is 81.3 Å². The van der Waals surface area contributed by atoms with Crippen molar-refractivity contribution in [1.29, 1.82) is 0 Å². The molecule has 0 aromatic rings. The van der Waals surface area contributed by atoms with E-state index in [9.17, 15) is 4.79 Å². The minimum Gasteiger partial charge on any atom is -0.396 e. The number of aldehydes is 1. The van der Waals surface area contributed by atoms with Crippen molar-refractivity contribution in [2.75, 3.05) is 20.2 Å². The van der Waals surface area contributed by atoms with Crippen molar-refractivity contribution in [3.63, 3.8) is 0 Å². The SMILES string of the molecule is CC.CC.CC.CC.CCC(CC)=NOCCCCC=O.CCCNC. The highest BCUT2D eigenvalue weighted by Gasteiger charge is 1.92. The highest BCUT2D eigenvalue weighted by molar-refractivity contribution is 5.83. The second-order valence-electron chi connectivity index (χ2n) is 3.96. The van der Waals surface area contributed by atoms with E-state index in [0.717, 1.165) is 44.2 Å². The van der Waals surface area contributed by atoms with Gasteiger partial charge in [-0.25, -0.2) is 0 Å². The van der Waals surface area contributed by atoms with Crippen LogP contribution in [0.2, 0.25) is 0 Å². The predicted molar refractivity (Wildman–Crippen MR) is 123 cm³/mol. The summed E-state index contributed by atoms with van der Waals surface area (Å²) in [6.07, 6.45) is 6.50. The number of oxime groups is 1. The minimum absolute atomic E-state index is 0.622. The number of unbranched alkanes of at least 4 members (excludes halogenated alkanes) is 2. The van der Waals surface area contributed by atoms with Gasteiger partial charge in [0.05, 0.1) is 5.71 Å². The second kappa shape index (κ2) is 64.7. The van der Waals surface area contributed by atoms with Crippen LogP contribution in [0.3, 0.4) is 0 Å². The minimum atomic E-state index is 0.622. The van der Waals surface area contributed by atoms with Crippen molar-refractivity contribution >= 4 is 12.0 Å². The molecule has 26 heavy (non-hydrogen) atoms. The van der Waals surface area contributed by atoms with E-state index in [0.29, 0.717) is 13.0 Å². The molecule has 0 aromatic heterocycles. The molecule has 0 bridgehead atoms. The maximum absolute atomic E-state index is 9.97. The van der Waals surface area contributed by atoms with Gasteiger partial charge in [0.1, 0.15) is 12.9 Å². The molecular weight excluding hydrogens is 324 g/mol. The lowest BCUT2D eigenvalue weighted by molar-refractivity contribution is -0.108. The maximum Gasteiger partial charge on any atom is 0.119 e. The number of rotatable bonds is 10. The van der Waals surface area contributed by atoms with E-state index < -0.39 is 0 Å². The lowest BCUT2D eigenvalue weighted by Crippen LogP contribution is -2.04. The van der Waals surface area contributed by atoms with Crippen LogP contribution < -0.4 is 5.32 Å². The fourth-order valence-electron chi connectivity index (χ4n) is 1.16. The van der Waals surface area contributed by atoms with Gasteiger partial charge in [0.15, 0.2) is 0 Å². The fraction of sp³-hybridized carbons (Fsp3) is 0.909. The van der Waals surface area contributed by atoms with Crippen molar-refractivity contribution in [3.8, 4) is 0 Å². The molecule has 0 rings (SSSR count). The Morgan fingerprint density at radius 1 is 0.885 bits per heavy atom. The standard InChI is InChI=1S/C10H19NO2.C4H11N.4C2H6/c1-3-10(4-2)11-13-9-7-5-6-8-12;1-3-4-5-2;4*1-2/h8H,3-7,9H2,1-2H3;5H,3-4H2,1-2H3;4*1-2H3. The van der Waals surface area contributed by atoms with Crippen molar-refractivity contribution in [2.24, 2.45) is 5.16 Å². The van der Waals surface area contributed by atoms with E-state index >= 15 is 0 Å². The van der Waals surface area contributed by atoms with Gasteiger partial charge in [0.2, 0.25) is 0 Å². The average molecular weight is 379 g/mol. The third-order valence-electron chi connectivity index (χ3n) is 2.32. The van der Waals surface area contributed by atoms with Gasteiger partial charge in [-0.2, -0.15) is 0 Å². The summed E-state index contributed by atoms with van der Waals surface area (Å²) >= 11 is 0. The molecule has 0 aromatic carbocycles. The molecule has 0 fully saturated rings. The lowest BCUT2D eigenvalue weighted by Gasteiger charge is -2.00. The first-order chi connectivity index (χ1) is 12.8. The Morgan fingerprint density at radius 2 is 1.35 bits per heavy atom. The van der Waals surface area contributed by atoms with Crippen molar-refractivity contribution in [1.82, 2.24) is 5.32 Å². The molecule has 0 spiro atoms. The summed E-state index contributed by atoms with van der Waals surface area (Å²) in [7, 11) is 1.96. The molecule has 164 valence electrons. The molecule has 0 aliphatic heterocycles. The van der Waals surface area contributed by atoms with Crippen LogP contribution in [0, 0.1) is 0 Å². The topological polar surface area (TPSA) is 50.7 Å². The van der Waals surface area contributed by atoms with Crippen LogP contribution in [0.25, 0.3) is 0 Å². The fourth-order valence-corrected chi connectivity index (χ4v) is 1.16. The molecule has 0 heterocycles. The van der Waals surface area contributed by atoms with Gasteiger partial charge in [-0.3, -0.25) is 0 Å². The molecule has 0 amide bonds. The molecule has 0 atom stereocenters. The number of nitrogens with zero attached hydrogens (tertiary/aromatic N) is 1. The van der Waals surface area contributed by atoms with Crippen LogP contribution in [-0.4, -0.2) is 32.2 Å². The van der Waals surface area contributed by atoms with Gasteiger partial charge in [0.25, 0.3) is 0 Å². The third kappa shape index (κ3) is 65.7. The number of carbonyl (C=O) groups excluding carboxylic acids is 1. The Hall–Kier alpha value is -0.900. The van der Waals surface area contributed by atoms with Crippen LogP contribution in [0.5, 0.6) is 0 Å². The molecular formula is C22H54N2O2. The van der Waals surface area contributed by atoms with E-state index in [-0.39, 0.29) is 0 Å². The zero-order valence-electron chi connectivity index (χ0n) is 20.5. The van der Waals surface area contributed by atoms with Gasteiger partial charge in [-0.15, -0.1) is 0 Å².